The SMILES string of the molecule is CCNC(=NCc1nncn1-c1ccccc1)N1CCN(C(=O)OCC)CC1.I. The van der Waals surface area contributed by atoms with Crippen LogP contribution in [0.4, 0.5) is 4.79 Å². The summed E-state index contributed by atoms with van der Waals surface area (Å²) in [6.45, 7) is 8.07. The van der Waals surface area contributed by atoms with Crippen LogP contribution in [0.1, 0.15) is 19.7 Å². The molecule has 158 valence electrons. The number of nitrogens with zero attached hydrogens (tertiary/aromatic N) is 6. The van der Waals surface area contributed by atoms with Gasteiger partial charge >= 0.3 is 6.09 Å². The van der Waals surface area contributed by atoms with Crippen molar-refractivity contribution in [1.82, 2.24) is 29.9 Å². The van der Waals surface area contributed by atoms with Crippen LogP contribution in [0.2, 0.25) is 0 Å². The number of carbonyl (C=O) groups excluding carboxylic acids is 1. The predicted octanol–water partition coefficient (Wildman–Crippen LogP) is 2.12. The Morgan fingerprint density at radius 2 is 1.83 bits per heavy atom. The molecule has 0 aliphatic carbocycles. The lowest BCUT2D eigenvalue weighted by Gasteiger charge is -2.35. The number of carbonyl (C=O) groups is 1. The lowest BCUT2D eigenvalue weighted by molar-refractivity contribution is 0.0914. The summed E-state index contributed by atoms with van der Waals surface area (Å²) >= 11 is 0. The van der Waals surface area contributed by atoms with E-state index in [2.05, 4.69) is 20.4 Å². The molecular weight excluding hydrogens is 485 g/mol. The fourth-order valence-electron chi connectivity index (χ4n) is 3.06. The molecule has 0 saturated carbocycles. The van der Waals surface area contributed by atoms with Crippen molar-refractivity contribution in [3.63, 3.8) is 0 Å². The van der Waals surface area contributed by atoms with Gasteiger partial charge in [-0.3, -0.25) is 4.57 Å². The third-order valence-corrected chi connectivity index (χ3v) is 4.46. The maximum atomic E-state index is 11.9. The molecule has 9 nitrogen and oxygen atoms in total. The fourth-order valence-corrected chi connectivity index (χ4v) is 3.06. The number of amides is 1. The van der Waals surface area contributed by atoms with Gasteiger partial charge in [0.05, 0.1) is 6.61 Å². The van der Waals surface area contributed by atoms with Crippen LogP contribution in [0, 0.1) is 0 Å². The van der Waals surface area contributed by atoms with Crippen LogP contribution in [0.3, 0.4) is 0 Å². The monoisotopic (exact) mass is 513 g/mol. The van der Waals surface area contributed by atoms with Crippen molar-refractivity contribution in [2.24, 2.45) is 4.99 Å². The number of piperazine rings is 1. The van der Waals surface area contributed by atoms with Gasteiger partial charge in [0, 0.05) is 38.4 Å². The van der Waals surface area contributed by atoms with E-state index in [0.29, 0.717) is 39.3 Å². The number of benzene rings is 1. The standard InChI is InChI=1S/C19H27N7O2.HI/c1-3-20-18(24-10-12-25(13-11-24)19(27)28-4-2)21-14-17-23-22-15-26(17)16-8-6-5-7-9-16;/h5-9,15H,3-4,10-14H2,1-2H3,(H,20,21);1H. The maximum absolute atomic E-state index is 11.9. The van der Waals surface area contributed by atoms with E-state index in [4.69, 9.17) is 9.73 Å². The molecule has 0 atom stereocenters. The molecule has 1 saturated heterocycles. The number of halogens is 1. The van der Waals surface area contributed by atoms with Crippen molar-refractivity contribution in [2.75, 3.05) is 39.3 Å². The van der Waals surface area contributed by atoms with E-state index in [0.717, 1.165) is 24.0 Å². The van der Waals surface area contributed by atoms with Gasteiger partial charge in [-0.15, -0.1) is 34.2 Å². The summed E-state index contributed by atoms with van der Waals surface area (Å²) < 4.78 is 7.02. The Balaban J connectivity index is 0.00000300. The highest BCUT2D eigenvalue weighted by molar-refractivity contribution is 14.0. The number of hydrogen-bond acceptors (Lipinski definition) is 5. The molecule has 1 amide bonds. The molecule has 1 aliphatic heterocycles. The van der Waals surface area contributed by atoms with Gasteiger partial charge in [-0.1, -0.05) is 18.2 Å². The zero-order chi connectivity index (χ0) is 19.8. The molecule has 29 heavy (non-hydrogen) atoms. The molecule has 2 heterocycles. The molecule has 0 radical (unpaired) electrons. The summed E-state index contributed by atoms with van der Waals surface area (Å²) in [5, 5.41) is 11.6. The van der Waals surface area contributed by atoms with Crippen LogP contribution >= 0.6 is 24.0 Å². The number of rotatable bonds is 5. The molecule has 2 aromatic rings. The minimum Gasteiger partial charge on any atom is -0.450 e. The van der Waals surface area contributed by atoms with Crippen LogP contribution < -0.4 is 5.32 Å². The predicted molar refractivity (Wildman–Crippen MR) is 122 cm³/mol. The van der Waals surface area contributed by atoms with Crippen molar-refractivity contribution >= 4 is 36.0 Å². The number of nitrogens with one attached hydrogen (secondary N) is 1. The Bertz CT molecular complexity index is 789. The van der Waals surface area contributed by atoms with Crippen LogP contribution in [0.25, 0.3) is 5.69 Å². The molecule has 1 aromatic heterocycles. The smallest absolute Gasteiger partial charge is 0.409 e. The Morgan fingerprint density at radius 1 is 1.14 bits per heavy atom. The highest BCUT2D eigenvalue weighted by Crippen LogP contribution is 2.10. The van der Waals surface area contributed by atoms with Crippen LogP contribution in [-0.2, 0) is 11.3 Å². The third-order valence-electron chi connectivity index (χ3n) is 4.46. The van der Waals surface area contributed by atoms with Crippen molar-refractivity contribution in [1.29, 1.82) is 0 Å². The first-order valence-corrected chi connectivity index (χ1v) is 9.62. The summed E-state index contributed by atoms with van der Waals surface area (Å²) in [5.41, 5.74) is 1.01. The molecule has 1 N–H and O–H groups in total. The largest absolute Gasteiger partial charge is 0.450 e. The van der Waals surface area contributed by atoms with E-state index in [1.54, 1.807) is 11.2 Å². The summed E-state index contributed by atoms with van der Waals surface area (Å²) in [4.78, 5) is 20.5. The molecule has 10 heteroatoms. The van der Waals surface area contributed by atoms with E-state index in [-0.39, 0.29) is 30.1 Å². The second kappa shape index (κ2) is 11.6. The highest BCUT2D eigenvalue weighted by Gasteiger charge is 2.23. The quantitative estimate of drug-likeness (QED) is 0.375. The third kappa shape index (κ3) is 6.05. The average Bonchev–Trinajstić information content (AvgIpc) is 3.21. The number of ether oxygens (including phenoxy) is 1. The zero-order valence-corrected chi connectivity index (χ0v) is 19.2. The number of aliphatic imine (C=N–C) groups is 1. The van der Waals surface area contributed by atoms with E-state index in [1.165, 1.54) is 0 Å². The molecule has 0 bridgehead atoms. The van der Waals surface area contributed by atoms with Gasteiger partial charge in [-0.05, 0) is 26.0 Å². The van der Waals surface area contributed by atoms with Crippen LogP contribution in [-0.4, -0.2) is 75.9 Å². The first kappa shape index (κ1) is 22.9. The van der Waals surface area contributed by atoms with Gasteiger partial charge in [0.1, 0.15) is 12.9 Å². The van der Waals surface area contributed by atoms with Gasteiger partial charge in [0.25, 0.3) is 0 Å². The zero-order valence-electron chi connectivity index (χ0n) is 16.8. The second-order valence-electron chi connectivity index (χ2n) is 6.30. The Hall–Kier alpha value is -2.37. The Morgan fingerprint density at radius 3 is 2.48 bits per heavy atom. The van der Waals surface area contributed by atoms with Gasteiger partial charge in [-0.2, -0.15) is 0 Å². The summed E-state index contributed by atoms with van der Waals surface area (Å²) in [5.74, 6) is 1.58. The van der Waals surface area contributed by atoms with Crippen LogP contribution in [0.15, 0.2) is 41.7 Å². The van der Waals surface area contributed by atoms with Crippen molar-refractivity contribution < 1.29 is 9.53 Å². The molecule has 1 aromatic carbocycles. The second-order valence-corrected chi connectivity index (χ2v) is 6.30. The maximum Gasteiger partial charge on any atom is 0.409 e. The fraction of sp³-hybridized carbons (Fsp3) is 0.474. The lowest BCUT2D eigenvalue weighted by atomic mass is 10.3. The Labute approximate surface area is 188 Å². The van der Waals surface area contributed by atoms with Gasteiger partial charge in [0.15, 0.2) is 11.8 Å². The average molecular weight is 513 g/mol. The minimum atomic E-state index is -0.250. The summed E-state index contributed by atoms with van der Waals surface area (Å²) in [7, 11) is 0. The molecule has 1 aliphatic rings. The summed E-state index contributed by atoms with van der Waals surface area (Å²) in [6, 6.07) is 9.96. The first-order valence-electron chi connectivity index (χ1n) is 9.62. The number of aromatic nitrogens is 3. The molecule has 3 rings (SSSR count). The van der Waals surface area contributed by atoms with Crippen molar-refractivity contribution in [2.45, 2.75) is 20.4 Å². The van der Waals surface area contributed by atoms with Crippen molar-refractivity contribution in [3.8, 4) is 5.69 Å². The first-order chi connectivity index (χ1) is 13.7. The minimum absolute atomic E-state index is 0. The molecular formula is C19H28IN7O2. The van der Waals surface area contributed by atoms with E-state index in [1.807, 2.05) is 48.7 Å². The van der Waals surface area contributed by atoms with E-state index in [9.17, 15) is 4.79 Å². The van der Waals surface area contributed by atoms with Gasteiger partial charge in [-0.25, -0.2) is 9.79 Å². The molecule has 1 fully saturated rings. The molecule has 0 spiro atoms. The number of para-hydroxylation sites is 1. The van der Waals surface area contributed by atoms with Crippen molar-refractivity contribution in [3.05, 3.63) is 42.5 Å². The van der Waals surface area contributed by atoms with E-state index >= 15 is 0 Å². The van der Waals surface area contributed by atoms with Gasteiger partial charge in [0.2, 0.25) is 0 Å². The summed E-state index contributed by atoms with van der Waals surface area (Å²) in [6.07, 6.45) is 1.45. The number of guanidine groups is 1. The Kier molecular flexibility index (Phi) is 9.16. The molecule has 0 unspecified atom stereocenters. The lowest BCUT2D eigenvalue weighted by Crippen LogP contribution is -2.53. The normalized spacial score (nSPS) is 14.3. The van der Waals surface area contributed by atoms with E-state index < -0.39 is 0 Å². The van der Waals surface area contributed by atoms with Gasteiger partial charge < -0.3 is 19.9 Å². The topological polar surface area (TPSA) is 87.9 Å². The van der Waals surface area contributed by atoms with Crippen LogP contribution in [0.5, 0.6) is 0 Å². The number of hydrogen-bond donors (Lipinski definition) is 1. The highest BCUT2D eigenvalue weighted by atomic mass is 127.